The number of aryl methyl sites for hydroxylation is 2. The number of amides is 1. The third-order valence-corrected chi connectivity index (χ3v) is 8.66. The van der Waals surface area contributed by atoms with Gasteiger partial charge in [-0.25, -0.2) is 14.2 Å². The van der Waals surface area contributed by atoms with Gasteiger partial charge in [0.2, 0.25) is 0 Å². The third-order valence-electron chi connectivity index (χ3n) is 7.61. The fourth-order valence-electron chi connectivity index (χ4n) is 5.64. The zero-order chi connectivity index (χ0) is 25.6. The third kappa shape index (κ3) is 4.38. The van der Waals surface area contributed by atoms with Crippen LogP contribution in [0, 0.1) is 19.7 Å². The van der Waals surface area contributed by atoms with E-state index in [1.54, 1.807) is 9.25 Å². The summed E-state index contributed by atoms with van der Waals surface area (Å²) in [6.45, 7) is 3.68. The van der Waals surface area contributed by atoms with Gasteiger partial charge in [-0.15, -0.1) is 0 Å². The van der Waals surface area contributed by atoms with Crippen molar-refractivity contribution in [2.45, 2.75) is 70.5 Å². The molecule has 1 amide bonds. The van der Waals surface area contributed by atoms with E-state index in [-0.39, 0.29) is 40.8 Å². The van der Waals surface area contributed by atoms with Crippen LogP contribution < -0.4 is 16.6 Å². The quantitative estimate of drug-likeness (QED) is 0.574. The number of pyridine rings is 1. The van der Waals surface area contributed by atoms with E-state index < -0.39 is 11.4 Å². The summed E-state index contributed by atoms with van der Waals surface area (Å²) in [6.07, 6.45) is 5.10. The Labute approximate surface area is 212 Å². The van der Waals surface area contributed by atoms with Crippen LogP contribution in [-0.4, -0.2) is 47.4 Å². The summed E-state index contributed by atoms with van der Waals surface area (Å²) in [6, 6.07) is 0.768. The van der Waals surface area contributed by atoms with Gasteiger partial charge in [0.15, 0.2) is 0 Å². The van der Waals surface area contributed by atoms with E-state index in [1.165, 1.54) is 10.6 Å². The standard InChI is InChI=1S/C25H31FN6O3S/c1-14-21(15(2)30(3)29-14)23(33)28-17-4-6-18(7-5-17)32-24(34)20-12-16(26)13-27-22(20)31(25(32)35)19-8-10-36-11-9-19/h12-13,17-19H,4-11H2,1-3H3,(H,28,33). The molecule has 9 nitrogen and oxygen atoms in total. The number of aromatic nitrogens is 5. The minimum atomic E-state index is -0.594. The number of hydrogen-bond donors (Lipinski definition) is 1. The Morgan fingerprint density at radius 3 is 2.36 bits per heavy atom. The summed E-state index contributed by atoms with van der Waals surface area (Å²) in [4.78, 5) is 44.2. The van der Waals surface area contributed by atoms with E-state index in [4.69, 9.17) is 0 Å². The first-order valence-electron chi connectivity index (χ1n) is 12.5. The lowest BCUT2D eigenvalue weighted by molar-refractivity contribution is 0.0920. The lowest BCUT2D eigenvalue weighted by atomic mass is 9.90. The fourth-order valence-corrected chi connectivity index (χ4v) is 6.72. The molecule has 0 bridgehead atoms. The summed E-state index contributed by atoms with van der Waals surface area (Å²) in [5, 5.41) is 7.57. The Bertz CT molecular complexity index is 1430. The molecule has 0 atom stereocenters. The Morgan fingerprint density at radius 2 is 1.72 bits per heavy atom. The van der Waals surface area contributed by atoms with Gasteiger partial charge in [-0.2, -0.15) is 16.9 Å². The molecule has 1 saturated carbocycles. The molecule has 5 rings (SSSR count). The predicted molar refractivity (Wildman–Crippen MR) is 137 cm³/mol. The van der Waals surface area contributed by atoms with Crippen molar-refractivity contribution in [1.29, 1.82) is 0 Å². The molecule has 4 heterocycles. The van der Waals surface area contributed by atoms with Gasteiger partial charge in [0.1, 0.15) is 11.5 Å². The largest absolute Gasteiger partial charge is 0.349 e. The first kappa shape index (κ1) is 24.7. The molecule has 1 N–H and O–H groups in total. The molecule has 2 aliphatic rings. The van der Waals surface area contributed by atoms with Gasteiger partial charge in [-0.3, -0.25) is 23.4 Å². The summed E-state index contributed by atoms with van der Waals surface area (Å²) in [5.74, 6) is 1.12. The molecule has 0 unspecified atom stereocenters. The highest BCUT2D eigenvalue weighted by Gasteiger charge is 2.30. The normalized spacial score (nSPS) is 21.1. The summed E-state index contributed by atoms with van der Waals surface area (Å²) in [5.41, 5.74) is 1.50. The van der Waals surface area contributed by atoms with Gasteiger partial charge in [0, 0.05) is 30.9 Å². The van der Waals surface area contributed by atoms with E-state index in [0.29, 0.717) is 36.9 Å². The minimum Gasteiger partial charge on any atom is -0.349 e. The molecule has 3 aromatic rings. The predicted octanol–water partition coefficient (Wildman–Crippen LogP) is 3.03. The molecule has 11 heteroatoms. The Kier molecular flexibility index (Phi) is 6.76. The Balaban J connectivity index is 1.42. The number of rotatable bonds is 4. The minimum absolute atomic E-state index is 0.0550. The molecule has 2 fully saturated rings. The van der Waals surface area contributed by atoms with Crippen molar-refractivity contribution >= 4 is 28.7 Å². The maximum atomic E-state index is 14.1. The first-order valence-corrected chi connectivity index (χ1v) is 13.6. The zero-order valence-corrected chi connectivity index (χ0v) is 21.6. The summed E-state index contributed by atoms with van der Waals surface area (Å²) in [7, 11) is 1.81. The molecular weight excluding hydrogens is 483 g/mol. The van der Waals surface area contributed by atoms with E-state index in [0.717, 1.165) is 36.2 Å². The highest BCUT2D eigenvalue weighted by Crippen LogP contribution is 2.30. The zero-order valence-electron chi connectivity index (χ0n) is 20.8. The highest BCUT2D eigenvalue weighted by atomic mass is 32.2. The van der Waals surface area contributed by atoms with Gasteiger partial charge in [0.25, 0.3) is 11.5 Å². The highest BCUT2D eigenvalue weighted by molar-refractivity contribution is 7.99. The average molecular weight is 515 g/mol. The van der Waals surface area contributed by atoms with Crippen LogP contribution in [0.5, 0.6) is 0 Å². The number of halogens is 1. The molecule has 3 aromatic heterocycles. The number of hydrogen-bond acceptors (Lipinski definition) is 6. The van der Waals surface area contributed by atoms with Crippen molar-refractivity contribution < 1.29 is 9.18 Å². The molecule has 0 spiro atoms. The van der Waals surface area contributed by atoms with Crippen molar-refractivity contribution in [3.8, 4) is 0 Å². The molecule has 1 aliphatic heterocycles. The maximum Gasteiger partial charge on any atom is 0.333 e. The number of nitrogens with one attached hydrogen (secondary N) is 1. The van der Waals surface area contributed by atoms with Crippen molar-refractivity contribution in [3.05, 3.63) is 55.9 Å². The van der Waals surface area contributed by atoms with Crippen LogP contribution in [0.3, 0.4) is 0 Å². The van der Waals surface area contributed by atoms with Gasteiger partial charge in [0.05, 0.1) is 22.8 Å². The lowest BCUT2D eigenvalue weighted by Crippen LogP contribution is -2.46. The van der Waals surface area contributed by atoms with Crippen LogP contribution >= 0.6 is 11.8 Å². The molecule has 0 aromatic carbocycles. The second kappa shape index (κ2) is 9.84. The Morgan fingerprint density at radius 1 is 1.06 bits per heavy atom. The van der Waals surface area contributed by atoms with Crippen molar-refractivity contribution in [1.82, 2.24) is 29.2 Å². The Hall–Kier alpha value is -2.95. The second-order valence-electron chi connectivity index (χ2n) is 9.84. The molecule has 0 radical (unpaired) electrons. The molecule has 36 heavy (non-hydrogen) atoms. The van der Waals surface area contributed by atoms with E-state index in [2.05, 4.69) is 15.4 Å². The van der Waals surface area contributed by atoms with Gasteiger partial charge >= 0.3 is 5.69 Å². The van der Waals surface area contributed by atoms with Gasteiger partial charge in [-0.05, 0) is 69.9 Å². The molecular formula is C25H31FN6O3S. The van der Waals surface area contributed by atoms with Crippen LogP contribution in [0.1, 0.15) is 72.4 Å². The number of carbonyl (C=O) groups excluding carboxylic acids is 1. The molecule has 1 aliphatic carbocycles. The second-order valence-corrected chi connectivity index (χ2v) is 11.1. The summed E-state index contributed by atoms with van der Waals surface area (Å²) < 4.78 is 18.7. The van der Waals surface area contributed by atoms with Crippen molar-refractivity contribution in [3.63, 3.8) is 0 Å². The summed E-state index contributed by atoms with van der Waals surface area (Å²) >= 11 is 1.84. The molecule has 192 valence electrons. The van der Waals surface area contributed by atoms with Crippen LogP contribution in [0.2, 0.25) is 0 Å². The fraction of sp³-hybridized carbons (Fsp3) is 0.560. The van der Waals surface area contributed by atoms with Crippen LogP contribution in [0.4, 0.5) is 4.39 Å². The topological polar surface area (TPSA) is 104 Å². The number of nitrogens with zero attached hydrogens (tertiary/aromatic N) is 5. The van der Waals surface area contributed by atoms with Gasteiger partial charge in [-0.1, -0.05) is 0 Å². The van der Waals surface area contributed by atoms with Gasteiger partial charge < -0.3 is 5.32 Å². The monoisotopic (exact) mass is 514 g/mol. The smallest absolute Gasteiger partial charge is 0.333 e. The van der Waals surface area contributed by atoms with Crippen molar-refractivity contribution in [2.24, 2.45) is 7.05 Å². The average Bonchev–Trinajstić information content (AvgIpc) is 3.12. The molecule has 1 saturated heterocycles. The van der Waals surface area contributed by atoms with Crippen LogP contribution in [0.15, 0.2) is 21.9 Å². The number of fused-ring (bicyclic) bond motifs is 1. The van der Waals surface area contributed by atoms with E-state index in [1.807, 2.05) is 32.7 Å². The number of carbonyl (C=O) groups is 1. The van der Waals surface area contributed by atoms with Crippen molar-refractivity contribution in [2.75, 3.05) is 11.5 Å². The SMILES string of the molecule is Cc1nn(C)c(C)c1C(=O)NC1CCC(n2c(=O)c3cc(F)cnc3n(C3CCSCC3)c2=O)CC1. The first-order chi connectivity index (χ1) is 17.3. The number of thioether (sulfide) groups is 1. The van der Waals surface area contributed by atoms with E-state index >= 15 is 0 Å². The van der Waals surface area contributed by atoms with Crippen LogP contribution in [-0.2, 0) is 7.05 Å². The lowest BCUT2D eigenvalue weighted by Gasteiger charge is -2.31. The van der Waals surface area contributed by atoms with E-state index in [9.17, 15) is 18.8 Å². The van der Waals surface area contributed by atoms with Crippen LogP contribution in [0.25, 0.3) is 11.0 Å². The maximum absolute atomic E-state index is 14.1.